The Morgan fingerprint density at radius 1 is 1.23 bits per heavy atom. The lowest BCUT2D eigenvalue weighted by molar-refractivity contribution is -0.122. The number of benzene rings is 2. The number of sulfonamides is 1. The molecule has 3 rings (SSSR count). The number of para-hydroxylation sites is 2. The highest BCUT2D eigenvalue weighted by atomic mass is 32.2. The monoisotopic (exact) mass is 392 g/mol. The van der Waals surface area contributed by atoms with Crippen LogP contribution in [0.1, 0.15) is 6.42 Å². The average molecular weight is 393 g/mol. The van der Waals surface area contributed by atoms with E-state index in [1.54, 1.807) is 36.0 Å². The highest BCUT2D eigenvalue weighted by Crippen LogP contribution is 2.34. The third kappa shape index (κ3) is 4.13. The molecule has 0 saturated carbocycles. The summed E-state index contributed by atoms with van der Waals surface area (Å²) in [5, 5.41) is 2.85. The van der Waals surface area contributed by atoms with E-state index in [9.17, 15) is 13.2 Å². The number of hydrogen-bond donors (Lipinski definition) is 1. The van der Waals surface area contributed by atoms with Crippen molar-refractivity contribution in [1.29, 1.82) is 0 Å². The number of fused-ring (bicyclic) bond motifs is 1. The molecule has 1 heterocycles. The van der Waals surface area contributed by atoms with Crippen LogP contribution >= 0.6 is 11.8 Å². The highest BCUT2D eigenvalue weighted by molar-refractivity contribution is 7.98. The van der Waals surface area contributed by atoms with Gasteiger partial charge in [-0.05, 0) is 36.6 Å². The first-order chi connectivity index (χ1) is 12.4. The number of nitrogens with zero attached hydrogens (tertiary/aromatic N) is 1. The Balaban J connectivity index is 1.83. The van der Waals surface area contributed by atoms with Crippen LogP contribution in [0.2, 0.25) is 0 Å². The van der Waals surface area contributed by atoms with Crippen LogP contribution < -0.4 is 14.4 Å². The van der Waals surface area contributed by atoms with Gasteiger partial charge in [-0.15, -0.1) is 11.8 Å². The number of carbonyl (C=O) groups excluding carboxylic acids is 1. The van der Waals surface area contributed by atoms with Gasteiger partial charge in [0, 0.05) is 23.5 Å². The molecule has 138 valence electrons. The number of amides is 1. The van der Waals surface area contributed by atoms with Crippen molar-refractivity contribution in [2.45, 2.75) is 17.4 Å². The summed E-state index contributed by atoms with van der Waals surface area (Å²) in [6, 6.07) is 14.4. The van der Waals surface area contributed by atoms with Crippen molar-refractivity contribution in [3.63, 3.8) is 0 Å². The van der Waals surface area contributed by atoms with E-state index in [1.165, 1.54) is 4.31 Å². The van der Waals surface area contributed by atoms with Crippen molar-refractivity contribution in [1.82, 2.24) is 0 Å². The van der Waals surface area contributed by atoms with Crippen molar-refractivity contribution in [3.05, 3.63) is 48.5 Å². The quantitative estimate of drug-likeness (QED) is 0.810. The lowest BCUT2D eigenvalue weighted by Gasteiger charge is -2.20. The minimum atomic E-state index is -3.46. The zero-order valence-electron chi connectivity index (χ0n) is 14.5. The third-order valence-electron chi connectivity index (χ3n) is 4.03. The summed E-state index contributed by atoms with van der Waals surface area (Å²) in [4.78, 5) is 13.7. The molecule has 26 heavy (non-hydrogen) atoms. The Hall–Kier alpha value is -2.19. The summed E-state index contributed by atoms with van der Waals surface area (Å²) in [7, 11) is -3.46. The van der Waals surface area contributed by atoms with Gasteiger partial charge in [-0.25, -0.2) is 8.42 Å². The second kappa shape index (κ2) is 7.59. The SMILES string of the molecule is CSc1cccc(NC(=O)[C@H]2CCN(S(C)(=O)=O)c3ccccc3O2)c1. The number of hydrogen-bond acceptors (Lipinski definition) is 5. The smallest absolute Gasteiger partial charge is 0.265 e. The van der Waals surface area contributed by atoms with Crippen molar-refractivity contribution in [2.75, 3.05) is 28.7 Å². The second-order valence-electron chi connectivity index (χ2n) is 5.92. The Labute approximate surface area is 157 Å². The topological polar surface area (TPSA) is 75.7 Å². The Bertz CT molecular complexity index is 915. The van der Waals surface area contributed by atoms with Crippen LogP contribution in [0.25, 0.3) is 0 Å². The van der Waals surface area contributed by atoms with Gasteiger partial charge in [0.05, 0.1) is 11.9 Å². The van der Waals surface area contributed by atoms with Gasteiger partial charge in [0.15, 0.2) is 6.10 Å². The Kier molecular flexibility index (Phi) is 5.43. The number of anilines is 2. The average Bonchev–Trinajstić information content (AvgIpc) is 2.81. The maximum atomic E-state index is 12.7. The number of thioether (sulfide) groups is 1. The molecular weight excluding hydrogens is 372 g/mol. The van der Waals surface area contributed by atoms with E-state index in [-0.39, 0.29) is 18.9 Å². The summed E-state index contributed by atoms with van der Waals surface area (Å²) in [6.45, 7) is 0.179. The Morgan fingerprint density at radius 2 is 2.00 bits per heavy atom. The van der Waals surface area contributed by atoms with Crippen LogP contribution in [-0.2, 0) is 14.8 Å². The summed E-state index contributed by atoms with van der Waals surface area (Å²) in [5.74, 6) is 0.0850. The van der Waals surface area contributed by atoms with Gasteiger partial charge in [0.25, 0.3) is 5.91 Å². The molecule has 0 spiro atoms. The van der Waals surface area contributed by atoms with E-state index in [0.29, 0.717) is 17.1 Å². The molecule has 0 fully saturated rings. The number of nitrogens with one attached hydrogen (secondary N) is 1. The molecule has 8 heteroatoms. The molecule has 1 amide bonds. The molecule has 1 atom stereocenters. The third-order valence-corrected chi connectivity index (χ3v) is 5.93. The fraction of sp³-hybridized carbons (Fsp3) is 0.278. The molecule has 6 nitrogen and oxygen atoms in total. The second-order valence-corrected chi connectivity index (χ2v) is 8.71. The number of carbonyl (C=O) groups is 1. The molecule has 1 aliphatic heterocycles. The van der Waals surface area contributed by atoms with Crippen LogP contribution in [0.4, 0.5) is 11.4 Å². The largest absolute Gasteiger partial charge is 0.478 e. The number of rotatable bonds is 4. The fourth-order valence-electron chi connectivity index (χ4n) is 2.78. The van der Waals surface area contributed by atoms with Crippen LogP contribution in [-0.4, -0.2) is 39.5 Å². The maximum Gasteiger partial charge on any atom is 0.265 e. The molecule has 0 unspecified atom stereocenters. The van der Waals surface area contributed by atoms with Crippen molar-refractivity contribution >= 4 is 39.1 Å². The predicted molar refractivity (Wildman–Crippen MR) is 105 cm³/mol. The van der Waals surface area contributed by atoms with Crippen LogP contribution in [0, 0.1) is 0 Å². The summed E-state index contributed by atoms with van der Waals surface area (Å²) < 4.78 is 31.3. The van der Waals surface area contributed by atoms with Crippen LogP contribution in [0.5, 0.6) is 5.75 Å². The normalized spacial score (nSPS) is 17.0. The number of ether oxygens (including phenoxy) is 1. The van der Waals surface area contributed by atoms with Crippen molar-refractivity contribution in [3.8, 4) is 5.75 Å². The van der Waals surface area contributed by atoms with Gasteiger partial charge in [0.1, 0.15) is 5.75 Å². The summed E-state index contributed by atoms with van der Waals surface area (Å²) in [6.07, 6.45) is 2.60. The molecule has 0 saturated heterocycles. The van der Waals surface area contributed by atoms with E-state index in [1.807, 2.05) is 30.5 Å². The molecule has 0 radical (unpaired) electrons. The van der Waals surface area contributed by atoms with Crippen molar-refractivity contribution in [2.24, 2.45) is 0 Å². The van der Waals surface area contributed by atoms with E-state index in [0.717, 1.165) is 11.2 Å². The standard InChI is InChI=1S/C18H20N2O4S2/c1-25-14-7-5-6-13(12-14)19-18(21)17-10-11-20(26(2,22)23)15-8-3-4-9-16(15)24-17/h3-9,12,17H,10-11H2,1-2H3,(H,19,21)/t17-/m1/s1. The molecule has 0 aliphatic carbocycles. The highest BCUT2D eigenvalue weighted by Gasteiger charge is 2.31. The summed E-state index contributed by atoms with van der Waals surface area (Å²) >= 11 is 1.59. The molecule has 2 aromatic rings. The van der Waals surface area contributed by atoms with E-state index < -0.39 is 16.1 Å². The van der Waals surface area contributed by atoms with Crippen LogP contribution in [0.15, 0.2) is 53.4 Å². The molecular formula is C18H20N2O4S2. The predicted octanol–water partition coefficient (Wildman–Crippen LogP) is 2.96. The molecule has 1 aliphatic rings. The Morgan fingerprint density at radius 3 is 2.73 bits per heavy atom. The van der Waals surface area contributed by atoms with E-state index in [4.69, 9.17) is 4.74 Å². The molecule has 2 aromatic carbocycles. The van der Waals surface area contributed by atoms with Crippen molar-refractivity contribution < 1.29 is 17.9 Å². The van der Waals surface area contributed by atoms with Gasteiger partial charge in [0.2, 0.25) is 10.0 Å². The van der Waals surface area contributed by atoms with Gasteiger partial charge < -0.3 is 10.1 Å². The van der Waals surface area contributed by atoms with Crippen LogP contribution in [0.3, 0.4) is 0 Å². The van der Waals surface area contributed by atoms with E-state index in [2.05, 4.69) is 5.32 Å². The lowest BCUT2D eigenvalue weighted by Crippen LogP contribution is -2.35. The molecule has 0 bridgehead atoms. The lowest BCUT2D eigenvalue weighted by atomic mass is 10.2. The zero-order valence-corrected chi connectivity index (χ0v) is 16.1. The molecule has 0 aromatic heterocycles. The van der Waals surface area contributed by atoms with E-state index >= 15 is 0 Å². The zero-order chi connectivity index (χ0) is 18.7. The maximum absolute atomic E-state index is 12.7. The van der Waals surface area contributed by atoms with Gasteiger partial charge in [-0.1, -0.05) is 18.2 Å². The summed E-state index contributed by atoms with van der Waals surface area (Å²) in [5.41, 5.74) is 1.14. The minimum absolute atomic E-state index is 0.179. The minimum Gasteiger partial charge on any atom is -0.478 e. The van der Waals surface area contributed by atoms with Gasteiger partial charge in [-0.3, -0.25) is 9.10 Å². The molecule has 1 N–H and O–H groups in total. The first-order valence-corrected chi connectivity index (χ1v) is 11.1. The fourth-order valence-corrected chi connectivity index (χ4v) is 4.19. The first-order valence-electron chi connectivity index (χ1n) is 8.07. The first kappa shape index (κ1) is 18.6. The van der Waals surface area contributed by atoms with Gasteiger partial charge in [-0.2, -0.15) is 0 Å². The van der Waals surface area contributed by atoms with Gasteiger partial charge >= 0.3 is 0 Å².